The molecule has 1 aliphatic rings. The van der Waals surface area contributed by atoms with E-state index in [4.69, 9.17) is 33.0 Å². The maximum atomic E-state index is 12.6. The maximum absolute atomic E-state index is 12.6. The van der Waals surface area contributed by atoms with Gasteiger partial charge in [-0.05, 0) is 29.8 Å². The van der Waals surface area contributed by atoms with E-state index in [1.807, 2.05) is 12.1 Å². The van der Waals surface area contributed by atoms with Gasteiger partial charge in [-0.3, -0.25) is 9.69 Å². The molecule has 1 N–H and O–H groups in total. The van der Waals surface area contributed by atoms with Gasteiger partial charge in [0, 0.05) is 32.9 Å². The lowest BCUT2D eigenvalue weighted by Gasteiger charge is -2.37. The molecular weight excluding hydrogens is 449 g/mol. The van der Waals surface area contributed by atoms with Crippen LogP contribution in [-0.4, -0.2) is 70.5 Å². The van der Waals surface area contributed by atoms with Gasteiger partial charge in [0.25, 0.3) is 0 Å². The Morgan fingerprint density at radius 1 is 1.30 bits per heavy atom. The van der Waals surface area contributed by atoms with E-state index in [1.54, 1.807) is 24.1 Å². The Hall–Kier alpha value is -1.84. The number of hydrogen-bond acceptors (Lipinski definition) is 6. The second-order valence-corrected chi connectivity index (χ2v) is 8.60. The SMILES string of the molecule is CN(C(=O)CSc1ccc(C(=O)O)cn1)[C@@H]1CN(Cc2ccc(Cl)c(Cl)c2)CCO1. The van der Waals surface area contributed by atoms with Crippen molar-refractivity contribution in [3.63, 3.8) is 0 Å². The summed E-state index contributed by atoms with van der Waals surface area (Å²) >= 11 is 13.3. The van der Waals surface area contributed by atoms with Crippen LogP contribution >= 0.6 is 35.0 Å². The molecule has 0 radical (unpaired) electrons. The van der Waals surface area contributed by atoms with Gasteiger partial charge in [0.05, 0.1) is 33.0 Å². The fourth-order valence-corrected chi connectivity index (χ4v) is 4.03. The average molecular weight is 470 g/mol. The Balaban J connectivity index is 1.52. The second-order valence-electron chi connectivity index (χ2n) is 6.79. The van der Waals surface area contributed by atoms with Crippen molar-refractivity contribution >= 4 is 46.8 Å². The molecule has 0 saturated carbocycles. The van der Waals surface area contributed by atoms with Gasteiger partial charge in [0.1, 0.15) is 6.23 Å². The number of halogens is 2. The van der Waals surface area contributed by atoms with E-state index >= 15 is 0 Å². The van der Waals surface area contributed by atoms with Gasteiger partial charge in [-0.15, -0.1) is 0 Å². The molecular formula is C20H21Cl2N3O4S. The highest BCUT2D eigenvalue weighted by atomic mass is 35.5. The highest BCUT2D eigenvalue weighted by Gasteiger charge is 2.27. The van der Waals surface area contributed by atoms with E-state index in [2.05, 4.69) is 9.88 Å². The van der Waals surface area contributed by atoms with Crippen molar-refractivity contribution in [2.24, 2.45) is 0 Å². The number of thioether (sulfide) groups is 1. The average Bonchev–Trinajstić information content (AvgIpc) is 2.74. The molecule has 30 heavy (non-hydrogen) atoms. The van der Waals surface area contributed by atoms with Crippen molar-refractivity contribution < 1.29 is 19.4 Å². The molecule has 1 saturated heterocycles. The molecule has 0 aliphatic carbocycles. The fourth-order valence-electron chi connectivity index (χ4n) is 2.95. The summed E-state index contributed by atoms with van der Waals surface area (Å²) in [5.41, 5.74) is 1.16. The maximum Gasteiger partial charge on any atom is 0.337 e. The van der Waals surface area contributed by atoms with Crippen molar-refractivity contribution in [3.05, 3.63) is 57.7 Å². The Kier molecular flexibility index (Phi) is 7.96. The number of carbonyl (C=O) groups is 2. The number of carboxylic acid groups (broad SMARTS) is 1. The summed E-state index contributed by atoms with van der Waals surface area (Å²) in [5, 5.41) is 10.5. The molecule has 1 aromatic heterocycles. The van der Waals surface area contributed by atoms with E-state index in [-0.39, 0.29) is 23.5 Å². The first-order valence-corrected chi connectivity index (χ1v) is 10.9. The minimum absolute atomic E-state index is 0.0921. The van der Waals surface area contributed by atoms with E-state index < -0.39 is 5.97 Å². The molecule has 1 fully saturated rings. The first-order chi connectivity index (χ1) is 14.3. The third kappa shape index (κ3) is 6.09. The van der Waals surface area contributed by atoms with Gasteiger partial charge in [-0.2, -0.15) is 0 Å². The van der Waals surface area contributed by atoms with Crippen LogP contribution in [0.3, 0.4) is 0 Å². The third-order valence-corrected chi connectivity index (χ3v) is 6.34. The zero-order chi connectivity index (χ0) is 21.7. The second kappa shape index (κ2) is 10.5. The number of carboxylic acids is 1. The zero-order valence-corrected chi connectivity index (χ0v) is 18.6. The molecule has 0 unspecified atom stereocenters. The lowest BCUT2D eigenvalue weighted by atomic mass is 10.2. The topological polar surface area (TPSA) is 83.0 Å². The van der Waals surface area contributed by atoms with Crippen LogP contribution in [0.5, 0.6) is 0 Å². The quantitative estimate of drug-likeness (QED) is 0.621. The Labute approximate surface area is 188 Å². The molecule has 10 heteroatoms. The van der Waals surface area contributed by atoms with Crippen molar-refractivity contribution in [2.75, 3.05) is 32.5 Å². The van der Waals surface area contributed by atoms with Crippen LogP contribution in [0.4, 0.5) is 0 Å². The monoisotopic (exact) mass is 469 g/mol. The van der Waals surface area contributed by atoms with Crippen LogP contribution in [0.2, 0.25) is 10.0 Å². The number of amides is 1. The lowest BCUT2D eigenvalue weighted by molar-refractivity contribution is -0.149. The minimum Gasteiger partial charge on any atom is -0.478 e. The molecule has 1 atom stereocenters. The molecule has 0 bridgehead atoms. The third-order valence-electron chi connectivity index (χ3n) is 4.67. The molecule has 1 amide bonds. The number of hydrogen-bond donors (Lipinski definition) is 1. The molecule has 2 aromatic rings. The zero-order valence-electron chi connectivity index (χ0n) is 16.3. The van der Waals surface area contributed by atoms with Gasteiger partial charge in [-0.25, -0.2) is 9.78 Å². The molecule has 1 aliphatic heterocycles. The molecule has 0 spiro atoms. The summed E-state index contributed by atoms with van der Waals surface area (Å²) in [6, 6.07) is 8.63. The minimum atomic E-state index is -1.03. The first kappa shape index (κ1) is 22.8. The highest BCUT2D eigenvalue weighted by molar-refractivity contribution is 7.99. The van der Waals surface area contributed by atoms with E-state index in [0.717, 1.165) is 12.1 Å². The summed E-state index contributed by atoms with van der Waals surface area (Å²) in [7, 11) is 1.72. The van der Waals surface area contributed by atoms with E-state index in [1.165, 1.54) is 24.0 Å². The predicted molar refractivity (Wildman–Crippen MR) is 116 cm³/mol. The number of nitrogens with zero attached hydrogens (tertiary/aromatic N) is 3. The summed E-state index contributed by atoms with van der Waals surface area (Å²) in [4.78, 5) is 31.3. The number of aromatic nitrogens is 1. The van der Waals surface area contributed by atoms with Crippen LogP contribution < -0.4 is 0 Å². The smallest absolute Gasteiger partial charge is 0.337 e. The molecule has 160 valence electrons. The van der Waals surface area contributed by atoms with E-state index in [0.29, 0.717) is 34.8 Å². The summed E-state index contributed by atoms with van der Waals surface area (Å²) in [5.74, 6) is -0.942. The number of pyridine rings is 1. The van der Waals surface area contributed by atoms with Crippen molar-refractivity contribution in [1.82, 2.24) is 14.8 Å². The van der Waals surface area contributed by atoms with Crippen LogP contribution in [0.15, 0.2) is 41.6 Å². The predicted octanol–water partition coefficient (Wildman–Crippen LogP) is 3.50. The van der Waals surface area contributed by atoms with Crippen LogP contribution in [-0.2, 0) is 16.1 Å². The number of aromatic carboxylic acids is 1. The molecule has 1 aromatic carbocycles. The van der Waals surface area contributed by atoms with Crippen molar-refractivity contribution in [3.8, 4) is 0 Å². The van der Waals surface area contributed by atoms with Crippen LogP contribution in [0.1, 0.15) is 15.9 Å². The number of benzene rings is 1. The number of likely N-dealkylation sites (N-methyl/N-ethyl adjacent to an activating group) is 1. The summed E-state index contributed by atoms with van der Waals surface area (Å²) in [6.45, 7) is 2.55. The van der Waals surface area contributed by atoms with Gasteiger partial charge in [0.2, 0.25) is 5.91 Å². The Morgan fingerprint density at radius 2 is 2.10 bits per heavy atom. The number of morpholine rings is 1. The number of rotatable bonds is 7. The number of ether oxygens (including phenoxy) is 1. The van der Waals surface area contributed by atoms with Gasteiger partial charge in [-0.1, -0.05) is 41.0 Å². The Morgan fingerprint density at radius 3 is 2.77 bits per heavy atom. The van der Waals surface area contributed by atoms with Crippen molar-refractivity contribution in [2.45, 2.75) is 17.8 Å². The van der Waals surface area contributed by atoms with Crippen molar-refractivity contribution in [1.29, 1.82) is 0 Å². The number of carbonyl (C=O) groups excluding carboxylic acids is 1. The summed E-state index contributed by atoms with van der Waals surface area (Å²) in [6.07, 6.45) is 0.932. The van der Waals surface area contributed by atoms with Gasteiger partial charge < -0.3 is 14.7 Å². The summed E-state index contributed by atoms with van der Waals surface area (Å²) < 4.78 is 5.79. The molecule has 7 nitrogen and oxygen atoms in total. The highest BCUT2D eigenvalue weighted by Crippen LogP contribution is 2.24. The lowest BCUT2D eigenvalue weighted by Crippen LogP contribution is -2.51. The van der Waals surface area contributed by atoms with E-state index in [9.17, 15) is 9.59 Å². The van der Waals surface area contributed by atoms with Gasteiger partial charge in [0.15, 0.2) is 0 Å². The first-order valence-electron chi connectivity index (χ1n) is 9.19. The molecule has 2 heterocycles. The van der Waals surface area contributed by atoms with Crippen LogP contribution in [0.25, 0.3) is 0 Å². The Bertz CT molecular complexity index is 913. The largest absolute Gasteiger partial charge is 0.478 e. The molecule has 3 rings (SSSR count). The normalized spacial score (nSPS) is 17.0. The fraction of sp³-hybridized carbons (Fsp3) is 0.350. The standard InChI is InChI=1S/C20H21Cl2N3O4S/c1-24(18(26)12-30-17-5-3-14(9-23-17)20(27)28)19-11-25(6-7-29-19)10-13-2-4-15(21)16(22)8-13/h2-5,8-9,19H,6-7,10-12H2,1H3,(H,27,28)/t19-/m0/s1. The van der Waals surface area contributed by atoms with Crippen LogP contribution in [0, 0.1) is 0 Å². The van der Waals surface area contributed by atoms with Gasteiger partial charge >= 0.3 is 5.97 Å².